The molecule has 212 valence electrons. The van der Waals surface area contributed by atoms with Crippen molar-refractivity contribution in [2.45, 2.75) is 24.4 Å². The number of thioether (sulfide) groups is 1. The van der Waals surface area contributed by atoms with Crippen LogP contribution in [0.4, 0.5) is 0 Å². The van der Waals surface area contributed by atoms with Crippen LogP contribution in [0.15, 0.2) is 60.7 Å². The first-order valence-corrected chi connectivity index (χ1v) is 13.7. The smallest absolute Gasteiger partial charge is 0.256 e. The van der Waals surface area contributed by atoms with Crippen LogP contribution in [-0.2, 0) is 4.79 Å². The molecular weight excluding hydrogens is 532 g/mol. The zero-order valence-electron chi connectivity index (χ0n) is 23.4. The Bertz CT molecular complexity index is 1330. The van der Waals surface area contributed by atoms with E-state index in [0.29, 0.717) is 40.1 Å². The van der Waals surface area contributed by atoms with E-state index in [4.69, 9.17) is 23.7 Å². The average Bonchev–Trinajstić information content (AvgIpc) is 3.45. The molecule has 9 nitrogen and oxygen atoms in total. The molecule has 0 aliphatic carbocycles. The van der Waals surface area contributed by atoms with Crippen molar-refractivity contribution in [3.63, 3.8) is 0 Å². The molecule has 0 radical (unpaired) electrons. The van der Waals surface area contributed by atoms with Gasteiger partial charge in [-0.25, -0.2) is 0 Å². The molecule has 2 amide bonds. The monoisotopic (exact) mass is 566 g/mol. The molecule has 1 saturated heterocycles. The van der Waals surface area contributed by atoms with E-state index in [2.05, 4.69) is 5.32 Å². The first-order chi connectivity index (χ1) is 19.4. The van der Waals surface area contributed by atoms with Crippen molar-refractivity contribution < 1.29 is 33.3 Å². The first kappa shape index (κ1) is 28.9. The van der Waals surface area contributed by atoms with Crippen LogP contribution in [0.2, 0.25) is 0 Å². The fraction of sp³-hybridized carbons (Fsp3) is 0.333. The fourth-order valence-corrected chi connectivity index (χ4v) is 6.13. The van der Waals surface area contributed by atoms with E-state index < -0.39 is 11.4 Å². The molecule has 0 bridgehead atoms. The summed E-state index contributed by atoms with van der Waals surface area (Å²) in [4.78, 5) is 29.5. The summed E-state index contributed by atoms with van der Waals surface area (Å²) in [6, 6.07) is 17.4. The largest absolute Gasteiger partial charge is 0.493 e. The molecule has 0 saturated carbocycles. The lowest BCUT2D eigenvalue weighted by Gasteiger charge is -2.30. The average molecular weight is 567 g/mol. The highest BCUT2D eigenvalue weighted by atomic mass is 32.2. The summed E-state index contributed by atoms with van der Waals surface area (Å²) in [5.41, 5.74) is 2.08. The van der Waals surface area contributed by atoms with Gasteiger partial charge in [0.25, 0.3) is 5.91 Å². The van der Waals surface area contributed by atoms with Gasteiger partial charge in [-0.3, -0.25) is 9.59 Å². The van der Waals surface area contributed by atoms with Crippen LogP contribution in [0.1, 0.15) is 39.8 Å². The van der Waals surface area contributed by atoms with E-state index in [1.165, 1.54) is 33.1 Å². The van der Waals surface area contributed by atoms with Crippen LogP contribution in [0.25, 0.3) is 0 Å². The van der Waals surface area contributed by atoms with Gasteiger partial charge in [-0.2, -0.15) is 0 Å². The number of carbonyl (C=O) groups excluding carboxylic acids is 2. The summed E-state index contributed by atoms with van der Waals surface area (Å²) >= 11 is 1.51. The normalized spacial score (nSPS) is 17.1. The summed E-state index contributed by atoms with van der Waals surface area (Å²) < 4.78 is 27.3. The van der Waals surface area contributed by atoms with E-state index in [1.54, 1.807) is 37.3 Å². The zero-order valence-corrected chi connectivity index (χ0v) is 24.2. The molecule has 1 aliphatic heterocycles. The minimum Gasteiger partial charge on any atom is -0.493 e. The third kappa shape index (κ3) is 5.77. The summed E-state index contributed by atoms with van der Waals surface area (Å²) in [7, 11) is 7.61. The number of nitrogens with zero attached hydrogens (tertiary/aromatic N) is 1. The van der Waals surface area contributed by atoms with Crippen molar-refractivity contribution in [3.05, 3.63) is 77.4 Å². The van der Waals surface area contributed by atoms with Gasteiger partial charge >= 0.3 is 0 Å². The van der Waals surface area contributed by atoms with Crippen LogP contribution < -0.4 is 29.0 Å². The molecule has 10 heteroatoms. The lowest BCUT2D eigenvalue weighted by atomic mass is 10.1. The molecule has 3 aromatic rings. The van der Waals surface area contributed by atoms with Crippen LogP contribution in [0.5, 0.6) is 28.7 Å². The summed E-state index contributed by atoms with van der Waals surface area (Å²) in [5.74, 6) is 1.98. The number of rotatable bonds is 10. The number of methoxy groups -OCH3 is 5. The molecule has 1 aliphatic rings. The Morgan fingerprint density at radius 1 is 0.825 bits per heavy atom. The molecule has 1 N–H and O–H groups in total. The van der Waals surface area contributed by atoms with Crippen LogP contribution in [-0.4, -0.2) is 64.1 Å². The quantitative estimate of drug-likeness (QED) is 0.372. The maximum Gasteiger partial charge on any atom is 0.256 e. The number of amides is 2. The Labute approximate surface area is 238 Å². The van der Waals surface area contributed by atoms with Gasteiger partial charge in [-0.15, -0.1) is 11.8 Å². The summed E-state index contributed by atoms with van der Waals surface area (Å²) in [5, 5.41) is 2.63. The van der Waals surface area contributed by atoms with Gasteiger partial charge in [0, 0.05) is 11.3 Å². The second-order valence-corrected chi connectivity index (χ2v) is 10.2. The van der Waals surface area contributed by atoms with E-state index in [0.717, 1.165) is 11.1 Å². The molecule has 3 unspecified atom stereocenters. The van der Waals surface area contributed by atoms with Gasteiger partial charge in [-0.1, -0.05) is 36.4 Å². The lowest BCUT2D eigenvalue weighted by molar-refractivity contribution is -0.125. The molecular formula is C30H34N2O7S. The summed E-state index contributed by atoms with van der Waals surface area (Å²) in [6.07, 6.45) is 0. The van der Waals surface area contributed by atoms with Gasteiger partial charge in [0.15, 0.2) is 23.0 Å². The standard InChI is InChI=1S/C30H34N2O7S/c1-18(19-10-8-7-9-11-19)31-28(33)22-17-40-30(20-12-13-23(35-2)24(14-20)36-3)32(22)29(34)21-15-25(37-4)27(39-6)26(16-21)38-5/h7-16,18,22,30H,17H2,1-6H3,(H,31,33). The number of ether oxygens (including phenoxy) is 5. The van der Waals surface area contributed by atoms with Crippen LogP contribution >= 0.6 is 11.8 Å². The molecule has 4 rings (SSSR count). The van der Waals surface area contributed by atoms with Gasteiger partial charge in [0.05, 0.1) is 41.6 Å². The van der Waals surface area contributed by atoms with Crippen molar-refractivity contribution in [1.82, 2.24) is 10.2 Å². The van der Waals surface area contributed by atoms with Gasteiger partial charge < -0.3 is 33.9 Å². The van der Waals surface area contributed by atoms with Gasteiger partial charge in [0.2, 0.25) is 11.7 Å². The maximum atomic E-state index is 14.2. The highest BCUT2D eigenvalue weighted by Gasteiger charge is 2.43. The van der Waals surface area contributed by atoms with Crippen molar-refractivity contribution in [2.75, 3.05) is 41.3 Å². The SMILES string of the molecule is COc1ccc(C2SCC(C(=O)NC(C)c3ccccc3)N2C(=O)c2cc(OC)c(OC)c(OC)c2)cc1OC. The van der Waals surface area contributed by atoms with Crippen molar-refractivity contribution in [1.29, 1.82) is 0 Å². The third-order valence-corrected chi connectivity index (χ3v) is 8.12. The van der Waals surface area contributed by atoms with Crippen molar-refractivity contribution in [3.8, 4) is 28.7 Å². The van der Waals surface area contributed by atoms with Crippen LogP contribution in [0.3, 0.4) is 0 Å². The second kappa shape index (κ2) is 12.9. The predicted molar refractivity (Wildman–Crippen MR) is 154 cm³/mol. The van der Waals surface area contributed by atoms with Gasteiger partial charge in [-0.05, 0) is 42.3 Å². The lowest BCUT2D eigenvalue weighted by Crippen LogP contribution is -2.48. The fourth-order valence-electron chi connectivity index (χ4n) is 4.71. The number of benzene rings is 3. The van der Waals surface area contributed by atoms with E-state index in [9.17, 15) is 9.59 Å². The van der Waals surface area contributed by atoms with E-state index in [1.807, 2.05) is 49.4 Å². The topological polar surface area (TPSA) is 95.6 Å². The van der Waals surface area contributed by atoms with E-state index >= 15 is 0 Å². The summed E-state index contributed by atoms with van der Waals surface area (Å²) in [6.45, 7) is 1.92. The Kier molecular flexibility index (Phi) is 9.31. The Balaban J connectivity index is 1.74. The number of hydrogen-bond acceptors (Lipinski definition) is 8. The molecule has 40 heavy (non-hydrogen) atoms. The Hall–Kier alpha value is -4.05. The molecule has 3 aromatic carbocycles. The Morgan fingerprint density at radius 2 is 1.45 bits per heavy atom. The molecule has 0 aromatic heterocycles. The zero-order chi connectivity index (χ0) is 28.8. The van der Waals surface area contributed by atoms with Crippen molar-refractivity contribution >= 4 is 23.6 Å². The van der Waals surface area contributed by atoms with E-state index in [-0.39, 0.29) is 17.9 Å². The minimum atomic E-state index is -0.735. The predicted octanol–water partition coefficient (Wildman–Crippen LogP) is 4.86. The van der Waals surface area contributed by atoms with Crippen molar-refractivity contribution in [2.24, 2.45) is 0 Å². The number of carbonyl (C=O) groups is 2. The molecule has 0 spiro atoms. The number of hydrogen-bond donors (Lipinski definition) is 1. The first-order valence-electron chi connectivity index (χ1n) is 12.7. The molecule has 3 atom stereocenters. The van der Waals surface area contributed by atoms with Gasteiger partial charge in [0.1, 0.15) is 11.4 Å². The maximum absolute atomic E-state index is 14.2. The highest BCUT2D eigenvalue weighted by Crippen LogP contribution is 2.46. The van der Waals surface area contributed by atoms with Crippen LogP contribution in [0, 0.1) is 0 Å². The molecule has 1 heterocycles. The molecule has 1 fully saturated rings. The minimum absolute atomic E-state index is 0.239. The highest BCUT2D eigenvalue weighted by molar-refractivity contribution is 7.99. The third-order valence-electron chi connectivity index (χ3n) is 6.80. The second-order valence-electron chi connectivity index (χ2n) is 9.08. The Morgan fingerprint density at radius 3 is 2.02 bits per heavy atom. The number of nitrogens with one attached hydrogen (secondary N) is 1.